The van der Waals surface area contributed by atoms with Gasteiger partial charge in [0, 0.05) is 36.2 Å². The largest absolute Gasteiger partial charge is 0.493 e. The van der Waals surface area contributed by atoms with Crippen molar-refractivity contribution in [2.45, 2.75) is 58.3 Å². The lowest BCUT2D eigenvalue weighted by Crippen LogP contribution is -2.31. The number of ether oxygens (including phenoxy) is 2. The van der Waals surface area contributed by atoms with Gasteiger partial charge in [0.2, 0.25) is 0 Å². The predicted octanol–water partition coefficient (Wildman–Crippen LogP) is 6.82. The molecule has 4 aromatic rings. The van der Waals surface area contributed by atoms with E-state index in [1.807, 2.05) is 18.2 Å². The fraction of sp³-hybridized carbons (Fsp3) is 0.355. The Morgan fingerprint density at radius 2 is 1.77 bits per heavy atom. The van der Waals surface area contributed by atoms with Crippen LogP contribution in [0.2, 0.25) is 0 Å². The highest BCUT2D eigenvalue weighted by atomic mass is 16.5. The van der Waals surface area contributed by atoms with Gasteiger partial charge in [-0.3, -0.25) is 4.90 Å². The lowest BCUT2D eigenvalue weighted by molar-refractivity contribution is 0.173. The Morgan fingerprint density at radius 1 is 0.886 bits per heavy atom. The van der Waals surface area contributed by atoms with Crippen LogP contribution in [0.5, 0.6) is 11.5 Å². The minimum absolute atomic E-state index is 0.481. The molecule has 1 atom stereocenters. The number of methoxy groups -OCH3 is 1. The van der Waals surface area contributed by atoms with Crippen molar-refractivity contribution in [3.05, 3.63) is 94.7 Å². The molecule has 0 N–H and O–H groups in total. The molecule has 35 heavy (non-hydrogen) atoms. The van der Waals surface area contributed by atoms with Gasteiger partial charge in [0.25, 0.3) is 0 Å². The van der Waals surface area contributed by atoms with Crippen molar-refractivity contribution in [2.24, 2.45) is 0 Å². The zero-order chi connectivity index (χ0) is 23.8. The Bertz CT molecular complexity index is 1340. The third-order valence-electron chi connectivity index (χ3n) is 7.71. The first-order valence-corrected chi connectivity index (χ1v) is 12.9. The minimum Gasteiger partial charge on any atom is -0.493 e. The van der Waals surface area contributed by atoms with Crippen LogP contribution in [0.25, 0.3) is 10.9 Å². The Kier molecular flexibility index (Phi) is 5.99. The molecule has 2 aliphatic rings. The van der Waals surface area contributed by atoms with Gasteiger partial charge in [-0.2, -0.15) is 0 Å². The van der Waals surface area contributed by atoms with Gasteiger partial charge in [0.15, 0.2) is 11.5 Å². The molecule has 3 aromatic carbocycles. The quantitative estimate of drug-likeness (QED) is 0.312. The SMILES string of the molecule is COc1cc(CN2CCCn3c4c(c5cc(C)ccc53)CCC[C@@H]42)ccc1OCc1ccccc1. The minimum atomic E-state index is 0.481. The highest BCUT2D eigenvalue weighted by Gasteiger charge is 2.33. The smallest absolute Gasteiger partial charge is 0.161 e. The number of hydrogen-bond acceptors (Lipinski definition) is 3. The van der Waals surface area contributed by atoms with E-state index in [1.165, 1.54) is 47.7 Å². The van der Waals surface area contributed by atoms with Crippen LogP contribution in [0, 0.1) is 6.92 Å². The van der Waals surface area contributed by atoms with Crippen LogP contribution >= 0.6 is 0 Å². The summed E-state index contributed by atoms with van der Waals surface area (Å²) >= 11 is 0. The summed E-state index contributed by atoms with van der Waals surface area (Å²) in [7, 11) is 1.73. The molecule has 4 heteroatoms. The molecule has 0 unspecified atom stereocenters. The Hall–Kier alpha value is -3.24. The third kappa shape index (κ3) is 4.21. The molecule has 1 aliphatic carbocycles. The van der Waals surface area contributed by atoms with Crippen molar-refractivity contribution in [2.75, 3.05) is 13.7 Å². The number of hydrogen-bond donors (Lipinski definition) is 0. The molecule has 0 spiro atoms. The average molecular weight is 467 g/mol. The Labute approximate surface area is 208 Å². The van der Waals surface area contributed by atoms with E-state index in [-0.39, 0.29) is 0 Å². The van der Waals surface area contributed by atoms with Crippen molar-refractivity contribution in [3.8, 4) is 11.5 Å². The van der Waals surface area contributed by atoms with E-state index in [9.17, 15) is 0 Å². The standard InChI is InChI=1S/C31H34N2O2/c1-22-12-14-27-26(18-22)25-10-6-11-28-31(25)33(27)17-7-16-32(28)20-24-13-15-29(30(19-24)34-2)35-21-23-8-4-3-5-9-23/h3-5,8-9,12-15,18-19,28H,6-7,10-11,16-17,20-21H2,1-2H3/t28-/m0/s1. The van der Waals surface area contributed by atoms with E-state index in [1.54, 1.807) is 18.4 Å². The van der Waals surface area contributed by atoms with E-state index in [2.05, 4.69) is 64.9 Å². The zero-order valence-corrected chi connectivity index (χ0v) is 20.8. The Balaban J connectivity index is 1.26. The number of nitrogens with zero attached hydrogens (tertiary/aromatic N) is 2. The van der Waals surface area contributed by atoms with Crippen molar-refractivity contribution in [3.63, 3.8) is 0 Å². The third-order valence-corrected chi connectivity index (χ3v) is 7.71. The molecule has 0 bridgehead atoms. The molecule has 0 saturated heterocycles. The fourth-order valence-electron chi connectivity index (χ4n) is 6.08. The maximum atomic E-state index is 6.09. The van der Waals surface area contributed by atoms with Crippen molar-refractivity contribution in [1.29, 1.82) is 0 Å². The van der Waals surface area contributed by atoms with Gasteiger partial charge in [-0.15, -0.1) is 0 Å². The first-order chi connectivity index (χ1) is 17.2. The van der Waals surface area contributed by atoms with Gasteiger partial charge in [0.05, 0.1) is 13.2 Å². The second kappa shape index (κ2) is 9.43. The van der Waals surface area contributed by atoms with Gasteiger partial charge in [-0.05, 0) is 73.6 Å². The molecule has 0 saturated carbocycles. The summed E-state index contributed by atoms with van der Waals surface area (Å²) in [5.41, 5.74) is 8.38. The summed E-state index contributed by atoms with van der Waals surface area (Å²) in [4.78, 5) is 2.70. The predicted molar refractivity (Wildman–Crippen MR) is 141 cm³/mol. The van der Waals surface area contributed by atoms with Gasteiger partial charge < -0.3 is 14.0 Å². The molecule has 1 aliphatic heterocycles. The van der Waals surface area contributed by atoms with Crippen LogP contribution in [0.15, 0.2) is 66.7 Å². The summed E-state index contributed by atoms with van der Waals surface area (Å²) < 4.78 is 14.5. The molecule has 180 valence electrons. The number of benzene rings is 3. The normalized spacial score (nSPS) is 17.7. The van der Waals surface area contributed by atoms with Crippen LogP contribution in [-0.4, -0.2) is 23.1 Å². The molecule has 2 heterocycles. The molecule has 0 radical (unpaired) electrons. The topological polar surface area (TPSA) is 26.6 Å². The molecular formula is C31H34N2O2. The van der Waals surface area contributed by atoms with E-state index < -0.39 is 0 Å². The van der Waals surface area contributed by atoms with E-state index in [0.717, 1.165) is 36.7 Å². The fourth-order valence-corrected chi connectivity index (χ4v) is 6.08. The molecule has 0 amide bonds. The maximum Gasteiger partial charge on any atom is 0.161 e. The summed E-state index contributed by atoms with van der Waals surface area (Å²) in [5.74, 6) is 1.61. The summed E-state index contributed by atoms with van der Waals surface area (Å²) in [6, 6.07) is 24.2. The lowest BCUT2D eigenvalue weighted by atomic mass is 9.90. The van der Waals surface area contributed by atoms with E-state index in [0.29, 0.717) is 12.6 Å². The summed E-state index contributed by atoms with van der Waals surface area (Å²) in [6.45, 7) is 5.91. The van der Waals surface area contributed by atoms with Crippen LogP contribution in [0.3, 0.4) is 0 Å². The molecular weight excluding hydrogens is 432 g/mol. The first-order valence-electron chi connectivity index (χ1n) is 12.9. The molecule has 1 aromatic heterocycles. The van der Waals surface area contributed by atoms with Gasteiger partial charge in [0.1, 0.15) is 6.61 Å². The number of aromatic nitrogens is 1. The van der Waals surface area contributed by atoms with Crippen LogP contribution < -0.4 is 9.47 Å². The second-order valence-corrected chi connectivity index (χ2v) is 10.0. The number of fused-ring (bicyclic) bond motifs is 3. The maximum absolute atomic E-state index is 6.09. The van der Waals surface area contributed by atoms with E-state index in [4.69, 9.17) is 9.47 Å². The van der Waals surface area contributed by atoms with E-state index >= 15 is 0 Å². The first kappa shape index (κ1) is 22.2. The van der Waals surface area contributed by atoms with Crippen LogP contribution in [0.1, 0.15) is 53.3 Å². The lowest BCUT2D eigenvalue weighted by Gasteiger charge is -2.34. The van der Waals surface area contributed by atoms with Crippen molar-refractivity contribution >= 4 is 10.9 Å². The van der Waals surface area contributed by atoms with Crippen molar-refractivity contribution < 1.29 is 9.47 Å². The zero-order valence-electron chi connectivity index (χ0n) is 20.8. The van der Waals surface area contributed by atoms with Crippen LogP contribution in [-0.2, 0) is 26.1 Å². The second-order valence-electron chi connectivity index (χ2n) is 10.0. The number of rotatable bonds is 6. The van der Waals surface area contributed by atoms with Gasteiger partial charge >= 0.3 is 0 Å². The molecule has 4 nitrogen and oxygen atoms in total. The van der Waals surface area contributed by atoms with Crippen LogP contribution in [0.4, 0.5) is 0 Å². The average Bonchev–Trinajstić information content (AvgIpc) is 3.08. The van der Waals surface area contributed by atoms with Gasteiger partial charge in [-0.1, -0.05) is 48.0 Å². The molecule has 0 fully saturated rings. The Morgan fingerprint density at radius 3 is 2.63 bits per heavy atom. The monoisotopic (exact) mass is 466 g/mol. The highest BCUT2D eigenvalue weighted by Crippen LogP contribution is 2.43. The summed E-state index contributed by atoms with van der Waals surface area (Å²) in [6.07, 6.45) is 4.87. The summed E-state index contributed by atoms with van der Waals surface area (Å²) in [5, 5.41) is 1.48. The highest BCUT2D eigenvalue weighted by molar-refractivity contribution is 5.87. The van der Waals surface area contributed by atoms with Crippen molar-refractivity contribution in [1.82, 2.24) is 9.47 Å². The molecule has 6 rings (SSSR count). The van der Waals surface area contributed by atoms with Gasteiger partial charge in [-0.25, -0.2) is 0 Å². The number of aryl methyl sites for hydroxylation is 3.